The first-order valence-electron chi connectivity index (χ1n) is 6.46. The van der Waals surface area contributed by atoms with Gasteiger partial charge in [0.2, 0.25) is 0 Å². The molecule has 0 bridgehead atoms. The predicted octanol–water partition coefficient (Wildman–Crippen LogP) is 1.98. The largest absolute Gasteiger partial charge is 0.385 e. The highest BCUT2D eigenvalue weighted by molar-refractivity contribution is 4.81. The second-order valence-electron chi connectivity index (χ2n) is 4.82. The van der Waals surface area contributed by atoms with E-state index in [9.17, 15) is 0 Å². The zero-order valence-corrected chi connectivity index (χ0v) is 11.8. The molecule has 0 atom stereocenters. The molecule has 0 amide bonds. The van der Waals surface area contributed by atoms with Crippen molar-refractivity contribution in [2.24, 2.45) is 5.41 Å². The van der Waals surface area contributed by atoms with Crippen LogP contribution >= 0.6 is 0 Å². The van der Waals surface area contributed by atoms with Crippen molar-refractivity contribution in [1.29, 1.82) is 0 Å². The summed E-state index contributed by atoms with van der Waals surface area (Å²) in [7, 11) is 6.03. The maximum atomic E-state index is 5.08. The van der Waals surface area contributed by atoms with Crippen LogP contribution in [0.15, 0.2) is 0 Å². The van der Waals surface area contributed by atoms with Crippen LogP contribution in [0, 0.1) is 5.41 Å². The minimum atomic E-state index is 0.427. The summed E-state index contributed by atoms with van der Waals surface area (Å²) >= 11 is 0. The van der Waals surface area contributed by atoms with Gasteiger partial charge in [-0.2, -0.15) is 0 Å². The number of rotatable bonds is 10. The maximum absolute atomic E-state index is 5.08. The smallest absolute Gasteiger partial charge is 0.0474 e. The van der Waals surface area contributed by atoms with E-state index in [0.717, 1.165) is 26.1 Å². The summed E-state index contributed by atoms with van der Waals surface area (Å²) in [4.78, 5) is 2.43. The van der Waals surface area contributed by atoms with Crippen LogP contribution in [0.1, 0.15) is 33.1 Å². The predicted molar refractivity (Wildman–Crippen MR) is 70.9 cm³/mol. The lowest BCUT2D eigenvalue weighted by molar-refractivity contribution is 0.137. The summed E-state index contributed by atoms with van der Waals surface area (Å²) in [5.41, 5.74) is 0.427. The minimum absolute atomic E-state index is 0.427. The van der Waals surface area contributed by atoms with E-state index in [0.29, 0.717) is 5.41 Å². The molecule has 16 heavy (non-hydrogen) atoms. The Morgan fingerprint density at radius 1 is 1.25 bits per heavy atom. The van der Waals surface area contributed by atoms with Gasteiger partial charge in [0.15, 0.2) is 0 Å². The molecule has 0 radical (unpaired) electrons. The van der Waals surface area contributed by atoms with Gasteiger partial charge in [0.05, 0.1) is 0 Å². The van der Waals surface area contributed by atoms with Crippen molar-refractivity contribution in [2.75, 3.05) is 47.4 Å². The van der Waals surface area contributed by atoms with Gasteiger partial charge in [0.25, 0.3) is 0 Å². The fourth-order valence-corrected chi connectivity index (χ4v) is 2.28. The van der Waals surface area contributed by atoms with Gasteiger partial charge in [-0.3, -0.25) is 0 Å². The monoisotopic (exact) mass is 230 g/mol. The third kappa shape index (κ3) is 5.83. The van der Waals surface area contributed by atoms with Crippen LogP contribution in [0.3, 0.4) is 0 Å². The SMILES string of the molecule is CCC(CC)(CNC)CN(C)CCCOC. The lowest BCUT2D eigenvalue weighted by Gasteiger charge is -2.35. The van der Waals surface area contributed by atoms with Crippen molar-refractivity contribution in [1.82, 2.24) is 10.2 Å². The molecule has 0 aromatic carbocycles. The Hall–Kier alpha value is -0.120. The highest BCUT2D eigenvalue weighted by Gasteiger charge is 2.26. The van der Waals surface area contributed by atoms with Gasteiger partial charge in [0, 0.05) is 33.4 Å². The van der Waals surface area contributed by atoms with Crippen LogP contribution in [0.2, 0.25) is 0 Å². The van der Waals surface area contributed by atoms with Gasteiger partial charge in [-0.25, -0.2) is 0 Å². The molecule has 0 aromatic heterocycles. The Morgan fingerprint density at radius 3 is 2.31 bits per heavy atom. The molecule has 3 heteroatoms. The lowest BCUT2D eigenvalue weighted by atomic mass is 9.81. The molecule has 0 aliphatic carbocycles. The third-order valence-electron chi connectivity index (χ3n) is 3.55. The Bertz CT molecular complexity index is 158. The first-order valence-corrected chi connectivity index (χ1v) is 6.46. The van der Waals surface area contributed by atoms with E-state index in [1.807, 2.05) is 7.05 Å². The molecule has 0 heterocycles. The summed E-state index contributed by atoms with van der Waals surface area (Å²) in [5, 5.41) is 3.33. The average Bonchev–Trinajstić information content (AvgIpc) is 2.29. The van der Waals surface area contributed by atoms with Crippen molar-refractivity contribution < 1.29 is 4.74 Å². The van der Waals surface area contributed by atoms with Gasteiger partial charge in [-0.1, -0.05) is 13.8 Å². The van der Waals surface area contributed by atoms with Gasteiger partial charge in [-0.05, 0) is 38.8 Å². The summed E-state index contributed by atoms with van der Waals surface area (Å²) in [6.45, 7) is 8.85. The molecule has 0 rings (SSSR count). The van der Waals surface area contributed by atoms with Gasteiger partial charge in [0.1, 0.15) is 0 Å². The van der Waals surface area contributed by atoms with Gasteiger partial charge in [-0.15, -0.1) is 0 Å². The fraction of sp³-hybridized carbons (Fsp3) is 1.00. The zero-order valence-electron chi connectivity index (χ0n) is 11.8. The van der Waals surface area contributed by atoms with E-state index >= 15 is 0 Å². The molecule has 0 aromatic rings. The first-order chi connectivity index (χ1) is 7.64. The number of ether oxygens (including phenoxy) is 1. The van der Waals surface area contributed by atoms with E-state index in [-0.39, 0.29) is 0 Å². The molecule has 0 aliphatic heterocycles. The van der Waals surface area contributed by atoms with E-state index in [1.165, 1.54) is 19.4 Å². The topological polar surface area (TPSA) is 24.5 Å². The van der Waals surface area contributed by atoms with Crippen LogP contribution in [0.4, 0.5) is 0 Å². The molecule has 0 saturated carbocycles. The van der Waals surface area contributed by atoms with Crippen molar-refractivity contribution in [3.63, 3.8) is 0 Å². The molecular formula is C13H30N2O. The Morgan fingerprint density at radius 2 is 1.88 bits per heavy atom. The fourth-order valence-electron chi connectivity index (χ4n) is 2.28. The van der Waals surface area contributed by atoms with Crippen LogP contribution < -0.4 is 5.32 Å². The molecule has 0 spiro atoms. The van der Waals surface area contributed by atoms with Crippen molar-refractivity contribution in [2.45, 2.75) is 33.1 Å². The summed E-state index contributed by atoms with van der Waals surface area (Å²) in [5.74, 6) is 0. The molecular weight excluding hydrogens is 200 g/mol. The van der Waals surface area contributed by atoms with Crippen molar-refractivity contribution in [3.8, 4) is 0 Å². The number of methoxy groups -OCH3 is 1. The zero-order chi connectivity index (χ0) is 12.4. The molecule has 0 fully saturated rings. The first kappa shape index (κ1) is 15.9. The Labute approximate surface area is 102 Å². The average molecular weight is 230 g/mol. The van der Waals surface area contributed by atoms with E-state index in [1.54, 1.807) is 7.11 Å². The van der Waals surface area contributed by atoms with Crippen LogP contribution in [0.5, 0.6) is 0 Å². The number of hydrogen-bond donors (Lipinski definition) is 1. The van der Waals surface area contributed by atoms with E-state index in [4.69, 9.17) is 4.74 Å². The van der Waals surface area contributed by atoms with Gasteiger partial charge < -0.3 is 15.0 Å². The van der Waals surface area contributed by atoms with Crippen molar-refractivity contribution >= 4 is 0 Å². The molecule has 3 nitrogen and oxygen atoms in total. The minimum Gasteiger partial charge on any atom is -0.385 e. The Balaban J connectivity index is 4.06. The summed E-state index contributed by atoms with van der Waals surface area (Å²) in [6, 6.07) is 0. The molecule has 1 N–H and O–H groups in total. The highest BCUT2D eigenvalue weighted by Crippen LogP contribution is 2.26. The number of nitrogens with one attached hydrogen (secondary N) is 1. The molecule has 0 unspecified atom stereocenters. The van der Waals surface area contributed by atoms with Gasteiger partial charge >= 0.3 is 0 Å². The van der Waals surface area contributed by atoms with E-state index < -0.39 is 0 Å². The highest BCUT2D eigenvalue weighted by atomic mass is 16.5. The van der Waals surface area contributed by atoms with Crippen LogP contribution in [-0.2, 0) is 4.74 Å². The van der Waals surface area contributed by atoms with E-state index in [2.05, 4.69) is 31.1 Å². The standard InChI is InChI=1S/C13H30N2O/c1-6-13(7-2,11-14-3)12-15(4)9-8-10-16-5/h14H,6-12H2,1-5H3. The normalized spacial score (nSPS) is 12.4. The van der Waals surface area contributed by atoms with Crippen LogP contribution in [0.25, 0.3) is 0 Å². The summed E-state index contributed by atoms with van der Waals surface area (Å²) < 4.78 is 5.08. The van der Waals surface area contributed by atoms with Crippen LogP contribution in [-0.4, -0.2) is 52.3 Å². The molecule has 0 saturated heterocycles. The maximum Gasteiger partial charge on any atom is 0.0474 e. The lowest BCUT2D eigenvalue weighted by Crippen LogP contribution is -2.41. The number of nitrogens with zero attached hydrogens (tertiary/aromatic N) is 1. The second kappa shape index (κ2) is 8.97. The van der Waals surface area contributed by atoms with Crippen molar-refractivity contribution in [3.05, 3.63) is 0 Å². The molecule has 0 aliphatic rings. The quantitative estimate of drug-likeness (QED) is 0.581. The summed E-state index contributed by atoms with van der Waals surface area (Å²) in [6.07, 6.45) is 3.59. The second-order valence-corrected chi connectivity index (χ2v) is 4.82. The molecule has 98 valence electrons. The Kier molecular flexibility index (Phi) is 8.90. The number of hydrogen-bond acceptors (Lipinski definition) is 3. The third-order valence-corrected chi connectivity index (χ3v) is 3.55.